The van der Waals surface area contributed by atoms with E-state index in [-0.39, 0.29) is 11.7 Å². The van der Waals surface area contributed by atoms with Gasteiger partial charge in [-0.2, -0.15) is 0 Å². The molecule has 0 saturated carbocycles. The average molecular weight is 445 g/mol. The molecule has 0 aliphatic rings. The minimum Gasteiger partial charge on any atom is -0.497 e. The van der Waals surface area contributed by atoms with Gasteiger partial charge in [-0.1, -0.05) is 6.92 Å². The lowest BCUT2D eigenvalue weighted by Gasteiger charge is -2.14. The number of nitrogens with one attached hydrogen (secondary N) is 1. The molecule has 0 radical (unpaired) electrons. The molecule has 3 aromatic rings. The first-order chi connectivity index (χ1) is 14.8. The van der Waals surface area contributed by atoms with Crippen molar-refractivity contribution >= 4 is 34.4 Å². The van der Waals surface area contributed by atoms with Crippen molar-refractivity contribution in [2.75, 3.05) is 25.3 Å². The van der Waals surface area contributed by atoms with Crippen LogP contribution in [0.4, 0.5) is 5.69 Å². The summed E-state index contributed by atoms with van der Waals surface area (Å²) in [6, 6.07) is 5.10. The number of methoxy groups -OCH3 is 2. The zero-order chi connectivity index (χ0) is 22.7. The van der Waals surface area contributed by atoms with E-state index in [0.29, 0.717) is 39.5 Å². The second-order valence-corrected chi connectivity index (χ2v) is 7.76. The second kappa shape index (κ2) is 9.25. The summed E-state index contributed by atoms with van der Waals surface area (Å²) in [4.78, 5) is 42.7. The summed E-state index contributed by atoms with van der Waals surface area (Å²) < 4.78 is 12.9. The van der Waals surface area contributed by atoms with Crippen molar-refractivity contribution in [3.63, 3.8) is 0 Å². The van der Waals surface area contributed by atoms with Gasteiger partial charge in [-0.05, 0) is 24.1 Å². The van der Waals surface area contributed by atoms with E-state index in [2.05, 4.69) is 10.3 Å². The summed E-state index contributed by atoms with van der Waals surface area (Å²) in [6.07, 6.45) is 2.28. The largest absolute Gasteiger partial charge is 0.497 e. The van der Waals surface area contributed by atoms with Crippen LogP contribution in [0.3, 0.4) is 0 Å². The number of hydrogen-bond acceptors (Lipinski definition) is 7. The lowest BCUT2D eigenvalue weighted by molar-refractivity contribution is -0.113. The molecular formula is C21H24N4O5S. The molecule has 0 aliphatic carbocycles. The number of aromatic nitrogens is 3. The summed E-state index contributed by atoms with van der Waals surface area (Å²) in [6.45, 7) is 1.95. The van der Waals surface area contributed by atoms with Crippen molar-refractivity contribution in [1.29, 1.82) is 0 Å². The molecule has 9 nitrogen and oxygen atoms in total. The Bertz CT molecular complexity index is 1270. The van der Waals surface area contributed by atoms with Gasteiger partial charge in [0.1, 0.15) is 17.1 Å². The molecule has 0 aliphatic heterocycles. The third-order valence-corrected chi connectivity index (χ3v) is 6.07. The number of thioether (sulfide) groups is 1. The molecule has 31 heavy (non-hydrogen) atoms. The Morgan fingerprint density at radius 1 is 1.16 bits per heavy atom. The summed E-state index contributed by atoms with van der Waals surface area (Å²) in [7, 11) is 6.06. The molecule has 0 saturated heterocycles. The van der Waals surface area contributed by atoms with Crippen molar-refractivity contribution in [3.8, 4) is 11.5 Å². The van der Waals surface area contributed by atoms with Gasteiger partial charge in [0.05, 0.1) is 31.0 Å². The van der Waals surface area contributed by atoms with Crippen molar-refractivity contribution in [1.82, 2.24) is 14.1 Å². The van der Waals surface area contributed by atoms with Gasteiger partial charge >= 0.3 is 5.69 Å². The topological polar surface area (TPSA) is 104 Å². The van der Waals surface area contributed by atoms with E-state index >= 15 is 0 Å². The normalized spacial score (nSPS) is 10.9. The van der Waals surface area contributed by atoms with Crippen LogP contribution >= 0.6 is 11.8 Å². The van der Waals surface area contributed by atoms with Gasteiger partial charge in [-0.3, -0.25) is 18.7 Å². The summed E-state index contributed by atoms with van der Waals surface area (Å²) >= 11 is 1.24. The van der Waals surface area contributed by atoms with Crippen LogP contribution in [0.25, 0.3) is 11.0 Å². The Hall–Kier alpha value is -3.27. The molecule has 3 rings (SSSR count). The minimum atomic E-state index is -0.449. The van der Waals surface area contributed by atoms with Gasteiger partial charge in [-0.15, -0.1) is 11.8 Å². The minimum absolute atomic E-state index is 0.0628. The van der Waals surface area contributed by atoms with Crippen molar-refractivity contribution in [2.45, 2.75) is 18.2 Å². The molecule has 1 aromatic carbocycles. The zero-order valence-electron chi connectivity index (χ0n) is 18.0. The fourth-order valence-electron chi connectivity index (χ4n) is 3.18. The van der Waals surface area contributed by atoms with E-state index in [0.717, 1.165) is 10.1 Å². The highest BCUT2D eigenvalue weighted by Crippen LogP contribution is 2.31. The number of fused-ring (bicyclic) bond motifs is 1. The average Bonchev–Trinajstić information content (AvgIpc) is 2.79. The fraction of sp³-hybridized carbons (Fsp3) is 0.333. The number of carbonyl (C=O) groups is 1. The van der Waals surface area contributed by atoms with Gasteiger partial charge in [0.15, 0.2) is 0 Å². The molecule has 1 N–H and O–H groups in total. The van der Waals surface area contributed by atoms with E-state index in [4.69, 9.17) is 9.47 Å². The first kappa shape index (κ1) is 22.4. The van der Waals surface area contributed by atoms with Crippen LogP contribution in [-0.2, 0) is 25.3 Å². The number of benzene rings is 1. The SMILES string of the molecule is CCc1cnc2c(c1SCC(=O)Nc1ccc(OC)cc1OC)c(=O)n(C)c(=O)n2C. The Labute approximate surface area is 183 Å². The van der Waals surface area contributed by atoms with Crippen LogP contribution in [0, 0.1) is 0 Å². The third kappa shape index (κ3) is 4.29. The molecule has 10 heteroatoms. The molecule has 164 valence electrons. The number of pyridine rings is 1. The van der Waals surface area contributed by atoms with Crippen molar-refractivity contribution < 1.29 is 14.3 Å². The first-order valence-electron chi connectivity index (χ1n) is 9.54. The highest BCUT2D eigenvalue weighted by Gasteiger charge is 2.18. The van der Waals surface area contributed by atoms with E-state index in [9.17, 15) is 14.4 Å². The quantitative estimate of drug-likeness (QED) is 0.555. The maximum Gasteiger partial charge on any atom is 0.332 e. The molecular weight excluding hydrogens is 420 g/mol. The molecule has 0 unspecified atom stereocenters. The number of ether oxygens (including phenoxy) is 2. The number of anilines is 1. The number of amides is 1. The molecule has 0 bridgehead atoms. The molecule has 2 heterocycles. The molecule has 0 fully saturated rings. The van der Waals surface area contributed by atoms with Crippen molar-refractivity contribution in [2.24, 2.45) is 14.1 Å². The van der Waals surface area contributed by atoms with Gasteiger partial charge < -0.3 is 14.8 Å². The molecule has 1 amide bonds. The lowest BCUT2D eigenvalue weighted by atomic mass is 10.2. The highest BCUT2D eigenvalue weighted by atomic mass is 32.2. The predicted octanol–water partition coefficient (Wildman–Crippen LogP) is 1.94. The Kier molecular flexibility index (Phi) is 6.69. The van der Waals surface area contributed by atoms with Crippen LogP contribution in [0.5, 0.6) is 11.5 Å². The van der Waals surface area contributed by atoms with Crippen LogP contribution in [0.1, 0.15) is 12.5 Å². The van der Waals surface area contributed by atoms with Gasteiger partial charge in [0.25, 0.3) is 5.56 Å². The third-order valence-electron chi connectivity index (χ3n) is 4.91. The van der Waals surface area contributed by atoms with E-state index in [1.54, 1.807) is 38.6 Å². The van der Waals surface area contributed by atoms with E-state index in [1.807, 2.05) is 6.92 Å². The standard InChI is InChI=1S/C21H24N4O5S/c1-6-12-10-22-19-17(20(27)25(3)21(28)24(19)2)18(12)31-11-16(26)23-14-8-7-13(29-4)9-15(14)30-5/h7-10H,6,11H2,1-5H3,(H,23,26). The maximum absolute atomic E-state index is 12.8. The summed E-state index contributed by atoms with van der Waals surface area (Å²) in [5.74, 6) is 0.890. The monoisotopic (exact) mass is 444 g/mol. The van der Waals surface area contributed by atoms with Gasteiger partial charge in [0, 0.05) is 31.3 Å². The second-order valence-electron chi connectivity index (χ2n) is 6.77. The molecule has 0 spiro atoms. The zero-order valence-corrected chi connectivity index (χ0v) is 18.8. The smallest absolute Gasteiger partial charge is 0.332 e. The summed E-state index contributed by atoms with van der Waals surface area (Å²) in [5.41, 5.74) is 0.769. The van der Waals surface area contributed by atoms with E-state index < -0.39 is 11.2 Å². The van der Waals surface area contributed by atoms with E-state index in [1.165, 1.54) is 30.5 Å². The van der Waals surface area contributed by atoms with Gasteiger partial charge in [0.2, 0.25) is 5.91 Å². The number of carbonyl (C=O) groups excluding carboxylic acids is 1. The van der Waals surface area contributed by atoms with Crippen LogP contribution in [0.15, 0.2) is 38.9 Å². The number of hydrogen-bond donors (Lipinski definition) is 1. The Morgan fingerprint density at radius 2 is 1.90 bits per heavy atom. The van der Waals surface area contributed by atoms with Crippen molar-refractivity contribution in [3.05, 3.63) is 50.8 Å². The van der Waals surface area contributed by atoms with Crippen LogP contribution in [0.2, 0.25) is 0 Å². The van der Waals surface area contributed by atoms with Crippen LogP contribution < -0.4 is 26.0 Å². The van der Waals surface area contributed by atoms with Crippen LogP contribution in [-0.4, -0.2) is 40.0 Å². The van der Waals surface area contributed by atoms with Gasteiger partial charge in [-0.25, -0.2) is 9.78 Å². The lowest BCUT2D eigenvalue weighted by Crippen LogP contribution is -2.37. The molecule has 2 aromatic heterocycles. The number of rotatable bonds is 7. The first-order valence-corrected chi connectivity index (χ1v) is 10.5. The number of nitrogens with zero attached hydrogens (tertiary/aromatic N) is 3. The Balaban J connectivity index is 1.93. The molecule has 0 atom stereocenters. The fourth-order valence-corrected chi connectivity index (χ4v) is 4.24. The summed E-state index contributed by atoms with van der Waals surface area (Å²) in [5, 5.41) is 3.16. The number of aryl methyl sites for hydroxylation is 2. The predicted molar refractivity (Wildman–Crippen MR) is 121 cm³/mol. The highest BCUT2D eigenvalue weighted by molar-refractivity contribution is 8.00. The Morgan fingerprint density at radius 3 is 2.55 bits per heavy atom. The maximum atomic E-state index is 12.8.